The molecule has 2 heterocycles. The van der Waals surface area contributed by atoms with Crippen LogP contribution in [0.4, 0.5) is 0 Å². The fourth-order valence-electron chi connectivity index (χ4n) is 11.3. The van der Waals surface area contributed by atoms with E-state index in [9.17, 15) is 4.79 Å². The number of carbonyl (C=O) groups is 1. The first-order valence-corrected chi connectivity index (χ1v) is 13.7. The molecule has 0 radical (unpaired) electrons. The van der Waals surface area contributed by atoms with E-state index in [-0.39, 0.29) is 33.4 Å². The van der Waals surface area contributed by atoms with Crippen LogP contribution in [0.3, 0.4) is 0 Å². The van der Waals surface area contributed by atoms with Crippen molar-refractivity contribution in [2.45, 2.75) is 117 Å². The quantitative estimate of drug-likeness (QED) is 0.414. The van der Waals surface area contributed by atoms with Gasteiger partial charge >= 0.3 is 0 Å². The van der Waals surface area contributed by atoms with Crippen molar-refractivity contribution in [2.75, 3.05) is 0 Å². The number of Topliss-reactive ketones (excluding diaryl/α,β-unsaturated/α-hetero) is 1. The summed E-state index contributed by atoms with van der Waals surface area (Å²) in [6.45, 7) is 16.2. The predicted molar refractivity (Wildman–Crippen MR) is 128 cm³/mol. The van der Waals surface area contributed by atoms with Gasteiger partial charge in [0.1, 0.15) is 17.0 Å². The highest BCUT2D eigenvalue weighted by molar-refractivity contribution is 6.04. The van der Waals surface area contributed by atoms with Crippen molar-refractivity contribution in [3.05, 3.63) is 23.0 Å². The number of hydrogen-bond acceptors (Lipinski definition) is 3. The molecule has 2 bridgehead atoms. The van der Waals surface area contributed by atoms with E-state index in [1.54, 1.807) is 0 Å². The second-order valence-electron chi connectivity index (χ2n) is 14.5. The molecular weight excluding hydrogens is 408 g/mol. The molecule has 7 aliphatic rings. The summed E-state index contributed by atoms with van der Waals surface area (Å²) in [7, 11) is 0. The fourth-order valence-corrected chi connectivity index (χ4v) is 11.3. The van der Waals surface area contributed by atoms with Crippen molar-refractivity contribution in [3.8, 4) is 0 Å². The lowest BCUT2D eigenvalue weighted by atomic mass is 9.42. The van der Waals surface area contributed by atoms with Gasteiger partial charge in [-0.25, -0.2) is 0 Å². The summed E-state index contributed by atoms with van der Waals surface area (Å²) in [5.41, 5.74) is 1.45. The van der Waals surface area contributed by atoms with Crippen LogP contribution in [0.5, 0.6) is 0 Å². The Labute approximate surface area is 199 Å². The number of ketones is 1. The van der Waals surface area contributed by atoms with Crippen LogP contribution < -0.4 is 0 Å². The summed E-state index contributed by atoms with van der Waals surface area (Å²) in [6, 6.07) is 0. The first-order chi connectivity index (χ1) is 15.4. The second kappa shape index (κ2) is 5.66. The molecule has 2 saturated heterocycles. The lowest BCUT2D eigenvalue weighted by Crippen LogP contribution is -2.65. The first kappa shape index (κ1) is 21.2. The monoisotopic (exact) mass is 450 g/mol. The van der Waals surface area contributed by atoms with E-state index in [2.05, 4.69) is 54.5 Å². The maximum atomic E-state index is 14.8. The van der Waals surface area contributed by atoms with Gasteiger partial charge in [0.2, 0.25) is 0 Å². The third-order valence-corrected chi connectivity index (χ3v) is 12.2. The van der Waals surface area contributed by atoms with E-state index in [0.29, 0.717) is 23.5 Å². The van der Waals surface area contributed by atoms with Gasteiger partial charge in [-0.05, 0) is 88.9 Å². The van der Waals surface area contributed by atoms with Crippen LogP contribution in [-0.2, 0) is 14.3 Å². The van der Waals surface area contributed by atoms with E-state index in [0.717, 1.165) is 49.9 Å². The number of hydrogen-bond donors (Lipinski definition) is 0. The minimum Gasteiger partial charge on any atom is -0.488 e. The summed E-state index contributed by atoms with van der Waals surface area (Å²) < 4.78 is 14.8. The van der Waals surface area contributed by atoms with Gasteiger partial charge in [-0.15, -0.1) is 0 Å². The smallest absolute Gasteiger partial charge is 0.169 e. The largest absolute Gasteiger partial charge is 0.488 e. The molecule has 0 aromatic rings. The molecule has 0 aromatic heterocycles. The second-order valence-corrected chi connectivity index (χ2v) is 14.5. The SMILES string of the molecule is CC1=CCC23CCC4C(C)(C)CCCC45CC24C1CC1C(C)(C)OC(=C(C(C)C)C3=O)C14O5. The van der Waals surface area contributed by atoms with Gasteiger partial charge in [0.25, 0.3) is 0 Å². The Hall–Kier alpha value is -1.09. The average molecular weight is 451 g/mol. The van der Waals surface area contributed by atoms with Gasteiger partial charge < -0.3 is 9.47 Å². The molecule has 5 aliphatic carbocycles. The van der Waals surface area contributed by atoms with E-state index in [1.165, 1.54) is 18.4 Å². The summed E-state index contributed by atoms with van der Waals surface area (Å²) in [6.07, 6.45) is 11.4. The van der Waals surface area contributed by atoms with Gasteiger partial charge in [0, 0.05) is 22.3 Å². The summed E-state index contributed by atoms with van der Waals surface area (Å²) in [5, 5.41) is 0. The van der Waals surface area contributed by atoms with E-state index >= 15 is 0 Å². The number of carbonyl (C=O) groups excluding carboxylic acids is 1. The zero-order chi connectivity index (χ0) is 23.4. The Bertz CT molecular complexity index is 1040. The van der Waals surface area contributed by atoms with Crippen molar-refractivity contribution >= 4 is 5.78 Å². The molecule has 33 heavy (non-hydrogen) atoms. The third kappa shape index (κ3) is 1.92. The minimum atomic E-state index is -0.420. The molecule has 3 spiro atoms. The van der Waals surface area contributed by atoms with Gasteiger partial charge in [-0.2, -0.15) is 0 Å². The Morgan fingerprint density at radius 1 is 1.06 bits per heavy atom. The molecular formula is C30H42O3. The topological polar surface area (TPSA) is 35.5 Å². The normalized spacial score (nSPS) is 52.3. The molecule has 7 unspecified atom stereocenters. The predicted octanol–water partition coefficient (Wildman–Crippen LogP) is 6.76. The van der Waals surface area contributed by atoms with Crippen molar-refractivity contribution in [1.29, 1.82) is 0 Å². The molecule has 7 atom stereocenters. The van der Waals surface area contributed by atoms with Crippen molar-refractivity contribution < 1.29 is 14.3 Å². The molecule has 7 rings (SSSR count). The Balaban J connectivity index is 1.61. The van der Waals surface area contributed by atoms with Crippen LogP contribution in [0.2, 0.25) is 0 Å². The zero-order valence-corrected chi connectivity index (χ0v) is 21.8. The molecule has 5 fully saturated rings. The highest BCUT2D eigenvalue weighted by atomic mass is 16.6. The lowest BCUT2D eigenvalue weighted by molar-refractivity contribution is -0.207. The molecule has 3 saturated carbocycles. The zero-order valence-electron chi connectivity index (χ0n) is 21.8. The third-order valence-electron chi connectivity index (χ3n) is 12.2. The molecule has 3 nitrogen and oxygen atoms in total. The van der Waals surface area contributed by atoms with Crippen LogP contribution in [0.25, 0.3) is 0 Å². The fraction of sp³-hybridized carbons (Fsp3) is 0.833. The maximum Gasteiger partial charge on any atom is 0.169 e. The molecule has 0 amide bonds. The molecule has 180 valence electrons. The van der Waals surface area contributed by atoms with Crippen LogP contribution in [0.1, 0.15) is 99.8 Å². The lowest BCUT2D eigenvalue weighted by Gasteiger charge is -2.60. The van der Waals surface area contributed by atoms with Crippen molar-refractivity contribution in [2.24, 2.45) is 39.9 Å². The van der Waals surface area contributed by atoms with Crippen LogP contribution in [0, 0.1) is 39.9 Å². The highest BCUT2D eigenvalue weighted by Crippen LogP contribution is 2.86. The number of ether oxygens (including phenoxy) is 2. The maximum absolute atomic E-state index is 14.8. The van der Waals surface area contributed by atoms with Crippen molar-refractivity contribution in [1.82, 2.24) is 0 Å². The Morgan fingerprint density at radius 2 is 1.82 bits per heavy atom. The standard InChI is InChI=1S/C30H42O3/c1-17(2)22-23(31)27-13-9-18(3)19-15-21-26(6,7)32-24(22)30(21)29(19,27)16-28(33-30)12-8-11-25(4,5)20(28)10-14-27/h9,17,19-21H,8,10-16H2,1-7H3. The summed E-state index contributed by atoms with van der Waals surface area (Å²) >= 11 is 0. The van der Waals surface area contributed by atoms with Gasteiger partial charge in [-0.3, -0.25) is 4.79 Å². The first-order valence-electron chi connectivity index (χ1n) is 13.7. The van der Waals surface area contributed by atoms with Gasteiger partial charge in [0.05, 0.1) is 5.60 Å². The summed E-state index contributed by atoms with van der Waals surface area (Å²) in [5.74, 6) is 2.84. The number of rotatable bonds is 1. The average Bonchev–Trinajstić information content (AvgIpc) is 3.18. The minimum absolute atomic E-state index is 0.111. The van der Waals surface area contributed by atoms with Crippen LogP contribution in [-0.4, -0.2) is 22.6 Å². The molecule has 3 heteroatoms. The van der Waals surface area contributed by atoms with E-state index in [1.807, 2.05) is 0 Å². The van der Waals surface area contributed by atoms with Gasteiger partial charge in [0.15, 0.2) is 5.78 Å². The van der Waals surface area contributed by atoms with E-state index in [4.69, 9.17) is 9.47 Å². The van der Waals surface area contributed by atoms with Crippen molar-refractivity contribution in [3.63, 3.8) is 0 Å². The summed E-state index contributed by atoms with van der Waals surface area (Å²) in [4.78, 5) is 14.8. The highest BCUT2D eigenvalue weighted by Gasteiger charge is 2.90. The number of allylic oxidation sites excluding steroid dienone is 3. The molecule has 0 N–H and O–H groups in total. The Morgan fingerprint density at radius 3 is 2.55 bits per heavy atom. The van der Waals surface area contributed by atoms with Crippen LogP contribution in [0.15, 0.2) is 23.0 Å². The molecule has 2 aliphatic heterocycles. The Kier molecular flexibility index (Phi) is 3.64. The molecule has 0 aromatic carbocycles. The van der Waals surface area contributed by atoms with Gasteiger partial charge in [-0.1, -0.05) is 45.8 Å². The van der Waals surface area contributed by atoms with Crippen LogP contribution >= 0.6 is 0 Å². The van der Waals surface area contributed by atoms with E-state index < -0.39 is 5.60 Å².